The van der Waals surface area contributed by atoms with E-state index in [1.807, 2.05) is 0 Å². The molecule has 0 saturated carbocycles. The van der Waals surface area contributed by atoms with Gasteiger partial charge >= 0.3 is 5.97 Å². The number of carbonyl (C=O) groups excluding carboxylic acids is 1. The number of amides is 1. The van der Waals surface area contributed by atoms with Crippen LogP contribution in [0.25, 0.3) is 0 Å². The van der Waals surface area contributed by atoms with Gasteiger partial charge < -0.3 is 10.4 Å². The van der Waals surface area contributed by atoms with Gasteiger partial charge in [0.2, 0.25) is 0 Å². The molecule has 0 radical (unpaired) electrons. The monoisotopic (exact) mass is 352 g/mol. The highest BCUT2D eigenvalue weighted by Crippen LogP contribution is 2.24. The summed E-state index contributed by atoms with van der Waals surface area (Å²) in [7, 11) is 0. The number of benzene rings is 1. The summed E-state index contributed by atoms with van der Waals surface area (Å²) in [5.41, 5.74) is 1.05. The highest BCUT2D eigenvalue weighted by molar-refractivity contribution is 9.10. The van der Waals surface area contributed by atoms with Crippen molar-refractivity contribution < 1.29 is 19.1 Å². The Morgan fingerprint density at radius 1 is 1.33 bits per heavy atom. The second kappa shape index (κ2) is 6.01. The lowest BCUT2D eigenvalue weighted by Gasteiger charge is -2.09. The SMILES string of the molecule is Cc1cc(Br)c(F)cc1NC(=O)c1ccc(C(=O)O)nc1. The maximum atomic E-state index is 13.5. The van der Waals surface area contributed by atoms with E-state index < -0.39 is 17.7 Å². The van der Waals surface area contributed by atoms with Crippen LogP contribution in [0.15, 0.2) is 34.9 Å². The predicted molar refractivity (Wildman–Crippen MR) is 78.0 cm³/mol. The van der Waals surface area contributed by atoms with Crippen LogP contribution in [0.4, 0.5) is 10.1 Å². The first kappa shape index (κ1) is 15.1. The molecule has 1 heterocycles. The zero-order valence-corrected chi connectivity index (χ0v) is 12.4. The average molecular weight is 353 g/mol. The van der Waals surface area contributed by atoms with E-state index in [4.69, 9.17) is 5.11 Å². The lowest BCUT2D eigenvalue weighted by Crippen LogP contribution is -2.14. The molecule has 0 atom stereocenters. The summed E-state index contributed by atoms with van der Waals surface area (Å²) in [4.78, 5) is 26.3. The normalized spacial score (nSPS) is 10.2. The van der Waals surface area contributed by atoms with Crippen molar-refractivity contribution in [2.75, 3.05) is 5.32 Å². The first-order valence-corrected chi connectivity index (χ1v) is 6.64. The molecule has 0 bridgehead atoms. The van der Waals surface area contributed by atoms with Crippen LogP contribution in [0.2, 0.25) is 0 Å². The minimum absolute atomic E-state index is 0.155. The summed E-state index contributed by atoms with van der Waals surface area (Å²) < 4.78 is 13.8. The zero-order chi connectivity index (χ0) is 15.6. The maximum absolute atomic E-state index is 13.5. The molecular weight excluding hydrogens is 343 g/mol. The number of carboxylic acid groups (broad SMARTS) is 1. The minimum Gasteiger partial charge on any atom is -0.477 e. The second-order valence-corrected chi connectivity index (χ2v) is 5.13. The molecule has 0 aliphatic rings. The number of carboxylic acids is 1. The number of nitrogens with zero attached hydrogens (tertiary/aromatic N) is 1. The van der Waals surface area contributed by atoms with E-state index in [0.717, 1.165) is 6.20 Å². The minimum atomic E-state index is -1.17. The van der Waals surface area contributed by atoms with Crippen molar-refractivity contribution >= 4 is 33.5 Å². The number of nitrogens with one attached hydrogen (secondary N) is 1. The van der Waals surface area contributed by atoms with Gasteiger partial charge in [0.1, 0.15) is 11.5 Å². The van der Waals surface area contributed by atoms with Crippen molar-refractivity contribution in [3.8, 4) is 0 Å². The van der Waals surface area contributed by atoms with Crippen LogP contribution in [0.1, 0.15) is 26.4 Å². The Labute approximate surface area is 128 Å². The number of carbonyl (C=O) groups is 2. The summed E-state index contributed by atoms with van der Waals surface area (Å²) >= 11 is 3.06. The molecule has 1 aromatic heterocycles. The van der Waals surface area contributed by atoms with Gasteiger partial charge in [-0.25, -0.2) is 14.2 Å². The molecule has 0 spiro atoms. The molecular formula is C14H10BrFN2O3. The fourth-order valence-electron chi connectivity index (χ4n) is 1.63. The van der Waals surface area contributed by atoms with Crippen LogP contribution in [0, 0.1) is 12.7 Å². The van der Waals surface area contributed by atoms with Gasteiger partial charge in [-0.2, -0.15) is 0 Å². The number of anilines is 1. The molecule has 0 fully saturated rings. The molecule has 5 nitrogen and oxygen atoms in total. The first-order chi connectivity index (χ1) is 9.88. The van der Waals surface area contributed by atoms with Crippen LogP contribution >= 0.6 is 15.9 Å². The van der Waals surface area contributed by atoms with Gasteiger partial charge in [0, 0.05) is 11.9 Å². The number of halogens is 2. The third-order valence-corrected chi connectivity index (χ3v) is 3.37. The van der Waals surface area contributed by atoms with E-state index in [9.17, 15) is 14.0 Å². The van der Waals surface area contributed by atoms with Crippen molar-refractivity contribution in [3.05, 3.63) is 57.6 Å². The Hall–Kier alpha value is -2.28. The third kappa shape index (κ3) is 3.43. The molecule has 0 saturated heterocycles. The predicted octanol–water partition coefficient (Wildman–Crippen LogP) is 3.24. The fourth-order valence-corrected chi connectivity index (χ4v) is 2.09. The Balaban J connectivity index is 2.22. The van der Waals surface area contributed by atoms with Crippen LogP contribution in [-0.4, -0.2) is 22.0 Å². The largest absolute Gasteiger partial charge is 0.477 e. The molecule has 1 amide bonds. The molecule has 108 valence electrons. The van der Waals surface area contributed by atoms with Crippen LogP contribution in [-0.2, 0) is 0 Å². The van der Waals surface area contributed by atoms with Gasteiger partial charge in [-0.3, -0.25) is 4.79 Å². The lowest BCUT2D eigenvalue weighted by molar-refractivity contribution is 0.0690. The Morgan fingerprint density at radius 2 is 2.05 bits per heavy atom. The van der Waals surface area contributed by atoms with Gasteiger partial charge in [-0.05, 0) is 52.7 Å². The number of pyridine rings is 1. The van der Waals surface area contributed by atoms with Crippen molar-refractivity contribution in [3.63, 3.8) is 0 Å². The molecule has 0 aliphatic carbocycles. The summed E-state index contributed by atoms with van der Waals surface area (Å²) in [5, 5.41) is 11.3. The number of hydrogen-bond donors (Lipinski definition) is 2. The van der Waals surface area contributed by atoms with Crippen molar-refractivity contribution in [2.24, 2.45) is 0 Å². The Bertz CT molecular complexity index is 717. The highest BCUT2D eigenvalue weighted by atomic mass is 79.9. The second-order valence-electron chi connectivity index (χ2n) is 4.27. The number of aryl methyl sites for hydroxylation is 1. The van der Waals surface area contributed by atoms with Gasteiger partial charge in [0.05, 0.1) is 10.0 Å². The Kier molecular flexibility index (Phi) is 4.32. The smallest absolute Gasteiger partial charge is 0.354 e. The zero-order valence-electron chi connectivity index (χ0n) is 10.9. The van der Waals surface area contributed by atoms with Gasteiger partial charge in [-0.1, -0.05) is 0 Å². The number of hydrogen-bond acceptors (Lipinski definition) is 3. The van der Waals surface area contributed by atoms with Gasteiger partial charge in [-0.15, -0.1) is 0 Å². The maximum Gasteiger partial charge on any atom is 0.354 e. The third-order valence-electron chi connectivity index (χ3n) is 2.76. The van der Waals surface area contributed by atoms with E-state index in [2.05, 4.69) is 26.2 Å². The molecule has 2 N–H and O–H groups in total. The van der Waals surface area contributed by atoms with E-state index in [1.165, 1.54) is 18.2 Å². The van der Waals surface area contributed by atoms with E-state index in [0.29, 0.717) is 15.7 Å². The highest BCUT2D eigenvalue weighted by Gasteiger charge is 2.12. The molecule has 2 aromatic rings. The van der Waals surface area contributed by atoms with Crippen molar-refractivity contribution in [2.45, 2.75) is 6.92 Å². The fraction of sp³-hybridized carbons (Fsp3) is 0.0714. The molecule has 0 aliphatic heterocycles. The number of rotatable bonds is 3. The molecule has 21 heavy (non-hydrogen) atoms. The van der Waals surface area contributed by atoms with E-state index >= 15 is 0 Å². The van der Waals surface area contributed by atoms with E-state index in [-0.39, 0.29) is 11.3 Å². The van der Waals surface area contributed by atoms with Crippen molar-refractivity contribution in [1.82, 2.24) is 4.98 Å². The van der Waals surface area contributed by atoms with Crippen LogP contribution < -0.4 is 5.32 Å². The van der Waals surface area contributed by atoms with Crippen LogP contribution in [0.5, 0.6) is 0 Å². The summed E-state index contributed by atoms with van der Waals surface area (Å²) in [6.45, 7) is 1.73. The molecule has 2 rings (SSSR count). The number of aromatic carboxylic acids is 1. The number of aromatic nitrogens is 1. The van der Waals surface area contributed by atoms with Crippen molar-refractivity contribution in [1.29, 1.82) is 0 Å². The van der Waals surface area contributed by atoms with Gasteiger partial charge in [0.25, 0.3) is 5.91 Å². The first-order valence-electron chi connectivity index (χ1n) is 5.85. The molecule has 1 aromatic carbocycles. The average Bonchev–Trinajstić information content (AvgIpc) is 2.44. The standard InChI is InChI=1S/C14H10BrFN2O3/c1-7-4-9(15)10(16)5-12(7)18-13(19)8-2-3-11(14(20)21)17-6-8/h2-6H,1H3,(H,18,19)(H,20,21). The summed E-state index contributed by atoms with van der Waals surface area (Å²) in [6.07, 6.45) is 1.16. The lowest BCUT2D eigenvalue weighted by atomic mass is 10.1. The topological polar surface area (TPSA) is 79.3 Å². The molecule has 0 unspecified atom stereocenters. The summed E-state index contributed by atoms with van der Waals surface area (Å²) in [5.74, 6) is -2.16. The quantitative estimate of drug-likeness (QED) is 0.888. The van der Waals surface area contributed by atoms with E-state index in [1.54, 1.807) is 13.0 Å². The molecule has 7 heteroatoms. The Morgan fingerprint density at radius 3 is 2.62 bits per heavy atom. The van der Waals surface area contributed by atoms with Crippen LogP contribution in [0.3, 0.4) is 0 Å². The summed E-state index contributed by atoms with van der Waals surface area (Å²) in [6, 6.07) is 5.33. The van der Waals surface area contributed by atoms with Gasteiger partial charge in [0.15, 0.2) is 0 Å².